The molecule has 0 aliphatic carbocycles. The third-order valence-electron chi connectivity index (χ3n) is 0.717. The lowest BCUT2D eigenvalue weighted by molar-refractivity contribution is 0.142. The number of allylic oxidation sites excluding steroid dienone is 1. The summed E-state index contributed by atoms with van der Waals surface area (Å²) >= 11 is 0. The zero-order valence-corrected chi connectivity index (χ0v) is 5.60. The van der Waals surface area contributed by atoms with Gasteiger partial charge in [0.1, 0.15) is 12.0 Å². The maximum Gasteiger partial charge on any atom is 0.591 e. The van der Waals surface area contributed by atoms with Gasteiger partial charge in [0.05, 0.1) is 0 Å². The van der Waals surface area contributed by atoms with Crippen molar-refractivity contribution in [1.29, 1.82) is 0 Å². The molecular formula is C4H3FNO3P. The summed E-state index contributed by atoms with van der Waals surface area (Å²) in [6.45, 7) is 0. The normalized spacial score (nSPS) is 31.0. The Hall–Kier alpha value is -0.980. The van der Waals surface area contributed by atoms with Crippen molar-refractivity contribution in [3.05, 3.63) is 12.0 Å². The van der Waals surface area contributed by atoms with Crippen LogP contribution in [-0.2, 0) is 13.7 Å². The third-order valence-corrected chi connectivity index (χ3v) is 1.38. The Bertz CT molecular complexity index is 256. The molecule has 1 rings (SSSR count). The SMILES string of the molecule is C#CC1=COP(=O)(F)ON1. The number of terminal acetylenes is 1. The van der Waals surface area contributed by atoms with E-state index in [0.717, 1.165) is 6.26 Å². The van der Waals surface area contributed by atoms with Gasteiger partial charge in [0, 0.05) is 0 Å². The monoisotopic (exact) mass is 163 g/mol. The molecule has 0 saturated carbocycles. The van der Waals surface area contributed by atoms with E-state index < -0.39 is 7.91 Å². The molecule has 1 N–H and O–H groups in total. The average Bonchev–Trinajstić information content (AvgIpc) is 1.88. The molecule has 0 spiro atoms. The van der Waals surface area contributed by atoms with E-state index in [2.05, 4.69) is 15.1 Å². The molecule has 4 nitrogen and oxygen atoms in total. The van der Waals surface area contributed by atoms with Crippen LogP contribution in [0, 0.1) is 12.3 Å². The highest BCUT2D eigenvalue weighted by molar-refractivity contribution is 7.48. The van der Waals surface area contributed by atoms with Crippen LogP contribution in [0.5, 0.6) is 0 Å². The maximum absolute atomic E-state index is 12.1. The molecule has 54 valence electrons. The lowest BCUT2D eigenvalue weighted by Crippen LogP contribution is -2.14. The predicted octanol–water partition coefficient (Wildman–Crippen LogP) is 1.09. The van der Waals surface area contributed by atoms with E-state index in [1.165, 1.54) is 0 Å². The Morgan fingerprint density at radius 2 is 2.60 bits per heavy atom. The van der Waals surface area contributed by atoms with Crippen LogP contribution in [0.15, 0.2) is 12.0 Å². The third kappa shape index (κ3) is 1.50. The van der Waals surface area contributed by atoms with Crippen molar-refractivity contribution in [1.82, 2.24) is 5.48 Å². The molecule has 0 fully saturated rings. The molecule has 0 amide bonds. The van der Waals surface area contributed by atoms with Crippen molar-refractivity contribution in [3.8, 4) is 12.3 Å². The Kier molecular flexibility index (Phi) is 1.66. The quantitative estimate of drug-likeness (QED) is 0.429. The molecule has 0 aromatic heterocycles. The number of nitrogens with one attached hydrogen (secondary N) is 1. The fraction of sp³-hybridized carbons (Fsp3) is 0. The summed E-state index contributed by atoms with van der Waals surface area (Å²) in [7, 11) is -4.42. The smallest absolute Gasteiger partial charge is 0.405 e. The van der Waals surface area contributed by atoms with Gasteiger partial charge in [0.25, 0.3) is 0 Å². The van der Waals surface area contributed by atoms with Crippen LogP contribution in [0.3, 0.4) is 0 Å². The highest BCUT2D eigenvalue weighted by Gasteiger charge is 2.28. The van der Waals surface area contributed by atoms with Crippen molar-refractivity contribution in [2.24, 2.45) is 0 Å². The number of hydrogen-bond acceptors (Lipinski definition) is 4. The number of halogens is 1. The van der Waals surface area contributed by atoms with Gasteiger partial charge in [-0.1, -0.05) is 0 Å². The van der Waals surface area contributed by atoms with E-state index in [1.807, 2.05) is 5.48 Å². The zero-order valence-electron chi connectivity index (χ0n) is 4.70. The van der Waals surface area contributed by atoms with Gasteiger partial charge in [-0.15, -0.1) is 10.6 Å². The van der Waals surface area contributed by atoms with E-state index >= 15 is 0 Å². The van der Waals surface area contributed by atoms with Crippen molar-refractivity contribution in [2.75, 3.05) is 0 Å². The summed E-state index contributed by atoms with van der Waals surface area (Å²) < 4.78 is 30.2. The van der Waals surface area contributed by atoms with Crippen LogP contribution in [0.25, 0.3) is 0 Å². The summed E-state index contributed by atoms with van der Waals surface area (Å²) in [6.07, 6.45) is 5.66. The largest absolute Gasteiger partial charge is 0.591 e. The van der Waals surface area contributed by atoms with Gasteiger partial charge in [-0.2, -0.15) is 4.62 Å². The second-order valence-corrected chi connectivity index (χ2v) is 2.66. The zero-order chi connectivity index (χ0) is 7.61. The van der Waals surface area contributed by atoms with Crippen LogP contribution in [0.1, 0.15) is 0 Å². The lowest BCUT2D eigenvalue weighted by Gasteiger charge is -2.13. The molecule has 10 heavy (non-hydrogen) atoms. The molecule has 0 bridgehead atoms. The molecule has 0 saturated heterocycles. The first kappa shape index (κ1) is 7.13. The fourth-order valence-corrected chi connectivity index (χ4v) is 0.810. The Morgan fingerprint density at radius 1 is 1.90 bits per heavy atom. The molecule has 1 aliphatic heterocycles. The molecule has 1 atom stereocenters. The minimum atomic E-state index is -4.42. The molecule has 1 unspecified atom stereocenters. The first-order valence-corrected chi connectivity index (χ1v) is 3.67. The van der Waals surface area contributed by atoms with E-state index in [0.29, 0.717) is 0 Å². The summed E-state index contributed by atoms with van der Waals surface area (Å²) in [5.41, 5.74) is 2.01. The van der Waals surface area contributed by atoms with E-state index in [-0.39, 0.29) is 5.70 Å². The molecular weight excluding hydrogens is 160 g/mol. The molecule has 0 aromatic rings. The van der Waals surface area contributed by atoms with E-state index in [9.17, 15) is 8.76 Å². The van der Waals surface area contributed by atoms with E-state index in [1.54, 1.807) is 0 Å². The van der Waals surface area contributed by atoms with E-state index in [4.69, 9.17) is 6.42 Å². The predicted molar refractivity (Wildman–Crippen MR) is 30.9 cm³/mol. The molecule has 1 aliphatic rings. The lowest BCUT2D eigenvalue weighted by atomic mass is 10.5. The number of hydroxylamine groups is 1. The Balaban J connectivity index is 2.72. The maximum atomic E-state index is 12.1. The van der Waals surface area contributed by atoms with Crippen LogP contribution >= 0.6 is 7.91 Å². The summed E-state index contributed by atoms with van der Waals surface area (Å²) in [5.74, 6) is 2.05. The van der Waals surface area contributed by atoms with Crippen LogP contribution in [-0.4, -0.2) is 0 Å². The Morgan fingerprint density at radius 3 is 3.00 bits per heavy atom. The van der Waals surface area contributed by atoms with Crippen molar-refractivity contribution in [3.63, 3.8) is 0 Å². The average molecular weight is 163 g/mol. The topological polar surface area (TPSA) is 47.6 Å². The Labute approximate surface area is 56.6 Å². The van der Waals surface area contributed by atoms with Gasteiger partial charge in [-0.3, -0.25) is 0 Å². The second-order valence-electron chi connectivity index (χ2n) is 1.41. The summed E-state index contributed by atoms with van der Waals surface area (Å²) in [5, 5.41) is 0. The van der Waals surface area contributed by atoms with Gasteiger partial charge < -0.3 is 4.52 Å². The fourth-order valence-electron chi connectivity index (χ4n) is 0.328. The van der Waals surface area contributed by atoms with Gasteiger partial charge in [0.15, 0.2) is 0 Å². The highest BCUT2D eigenvalue weighted by atomic mass is 31.2. The molecule has 0 aromatic carbocycles. The van der Waals surface area contributed by atoms with Crippen LogP contribution in [0.4, 0.5) is 4.20 Å². The minimum absolute atomic E-state index is 0.0872. The van der Waals surface area contributed by atoms with Crippen LogP contribution < -0.4 is 5.48 Å². The summed E-state index contributed by atoms with van der Waals surface area (Å²) in [4.78, 5) is 0. The first-order chi connectivity index (χ1) is 4.64. The molecule has 6 heteroatoms. The highest BCUT2D eigenvalue weighted by Crippen LogP contribution is 2.50. The van der Waals surface area contributed by atoms with Crippen LogP contribution in [0.2, 0.25) is 0 Å². The first-order valence-electron chi connectivity index (χ1n) is 2.23. The molecule has 1 heterocycles. The standard InChI is InChI=1S/C4H3FNO3P/c1-2-4-3-8-10(5,7)9-6-4/h1,3,6H. The van der Waals surface area contributed by atoms with Gasteiger partial charge in [0.2, 0.25) is 0 Å². The van der Waals surface area contributed by atoms with Gasteiger partial charge >= 0.3 is 7.91 Å². The number of rotatable bonds is 0. The van der Waals surface area contributed by atoms with Gasteiger partial charge in [-0.25, -0.2) is 10.0 Å². The number of hydrogen-bond donors (Lipinski definition) is 1. The van der Waals surface area contributed by atoms with Crippen molar-refractivity contribution in [2.45, 2.75) is 0 Å². The second kappa shape index (κ2) is 2.33. The summed E-state index contributed by atoms with van der Waals surface area (Å²) in [6, 6.07) is 0. The van der Waals surface area contributed by atoms with Gasteiger partial charge in [-0.05, 0) is 5.92 Å². The molecule has 0 radical (unpaired) electrons. The van der Waals surface area contributed by atoms with Crippen molar-refractivity contribution >= 4 is 7.91 Å². The van der Waals surface area contributed by atoms with Crippen molar-refractivity contribution < 1.29 is 17.9 Å². The minimum Gasteiger partial charge on any atom is -0.405 e.